The number of hydrogen-bond acceptors (Lipinski definition) is 3. The summed E-state index contributed by atoms with van der Waals surface area (Å²) in [4.78, 5) is 4.84. The van der Waals surface area contributed by atoms with Gasteiger partial charge in [0.25, 0.3) is 0 Å². The highest BCUT2D eigenvalue weighted by molar-refractivity contribution is 6.09. The molecule has 0 amide bonds. The smallest absolute Gasteiger partial charge is 0.137 e. The minimum Gasteiger partial charge on any atom is -0.457 e. The van der Waals surface area contributed by atoms with E-state index in [1.54, 1.807) is 0 Å². The van der Waals surface area contributed by atoms with Crippen LogP contribution < -0.4 is 4.74 Å². The van der Waals surface area contributed by atoms with Crippen molar-refractivity contribution in [3.05, 3.63) is 119 Å². The average Bonchev–Trinajstić information content (AvgIpc) is 3.61. The average molecular weight is 665 g/mol. The molecule has 3 aromatic heterocycles. The molecular formula is C45H52N4O. The van der Waals surface area contributed by atoms with E-state index in [4.69, 9.17) is 14.8 Å². The Morgan fingerprint density at radius 2 is 1.68 bits per heavy atom. The molecule has 0 saturated carbocycles. The molecule has 0 N–H and O–H groups in total. The SMILES string of the molecule is CCCCc1c([C@H]2C(C)=CCCC2C)c(C)nn1-c1cc(Oc2ccc3c4ccccc4n(-c4cc(CCC)ccn4)c3c2)cc(C(C)C)c1. The van der Waals surface area contributed by atoms with Gasteiger partial charge in [-0.25, -0.2) is 9.67 Å². The Morgan fingerprint density at radius 3 is 2.46 bits per heavy atom. The molecule has 1 unspecified atom stereocenters. The quantitative estimate of drug-likeness (QED) is 0.129. The number of nitrogens with zero attached hydrogens (tertiary/aromatic N) is 4. The molecule has 2 atom stereocenters. The standard InChI is InChI=1S/C45H52N4O/c1-8-10-18-41-45(44-30(5)15-13-16-31(44)6)32(7)47-49(41)35-25-34(29(3)4)26-37(27-35)50-36-20-21-39-38-17-11-12-19-40(38)48(42(39)28-36)43-24-33(14-9-2)22-23-46-43/h11-12,15,17,19-29,31,44H,8-10,13-14,16,18H2,1-7H3/t31?,44-/m0/s1. The minimum atomic E-state index is 0.336. The Kier molecular flexibility index (Phi) is 9.68. The predicted octanol–water partition coefficient (Wildman–Crippen LogP) is 12.3. The van der Waals surface area contributed by atoms with Gasteiger partial charge in [0.2, 0.25) is 0 Å². The minimum absolute atomic E-state index is 0.336. The molecule has 5 heteroatoms. The lowest BCUT2D eigenvalue weighted by molar-refractivity contribution is 0.446. The molecule has 3 aromatic carbocycles. The molecule has 7 rings (SSSR count). The van der Waals surface area contributed by atoms with Crippen LogP contribution in [0.1, 0.15) is 114 Å². The summed E-state index contributed by atoms with van der Waals surface area (Å²) < 4.78 is 11.3. The Hall–Kier alpha value is -4.64. The first-order valence-electron chi connectivity index (χ1n) is 18.8. The summed E-state index contributed by atoms with van der Waals surface area (Å²) >= 11 is 0. The van der Waals surface area contributed by atoms with Crippen LogP contribution >= 0.6 is 0 Å². The second kappa shape index (κ2) is 14.3. The Labute approximate surface area is 298 Å². The molecule has 0 fully saturated rings. The highest BCUT2D eigenvalue weighted by Crippen LogP contribution is 2.43. The van der Waals surface area contributed by atoms with E-state index in [1.165, 1.54) is 51.6 Å². The normalized spacial score (nSPS) is 16.4. The lowest BCUT2D eigenvalue weighted by Gasteiger charge is -2.30. The van der Waals surface area contributed by atoms with Crippen LogP contribution in [0.2, 0.25) is 0 Å². The lowest BCUT2D eigenvalue weighted by atomic mass is 9.75. The molecule has 0 bridgehead atoms. The summed E-state index contributed by atoms with van der Waals surface area (Å²) in [5.74, 6) is 3.93. The Balaban J connectivity index is 1.33. The second-order valence-corrected chi connectivity index (χ2v) is 14.8. The van der Waals surface area contributed by atoms with Crippen molar-refractivity contribution in [1.82, 2.24) is 19.3 Å². The highest BCUT2D eigenvalue weighted by Gasteiger charge is 2.31. The summed E-state index contributed by atoms with van der Waals surface area (Å²) in [5.41, 5.74) is 11.3. The van der Waals surface area contributed by atoms with Gasteiger partial charge < -0.3 is 4.74 Å². The van der Waals surface area contributed by atoms with Gasteiger partial charge in [-0.1, -0.05) is 77.3 Å². The third kappa shape index (κ3) is 6.39. The number of pyridine rings is 1. The fourth-order valence-corrected chi connectivity index (χ4v) is 8.16. The fourth-order valence-electron chi connectivity index (χ4n) is 8.16. The molecular weight excluding hydrogens is 613 g/mol. The molecule has 1 aliphatic carbocycles. The summed E-state index contributed by atoms with van der Waals surface area (Å²) in [5, 5.41) is 7.68. The molecule has 50 heavy (non-hydrogen) atoms. The van der Waals surface area contributed by atoms with Crippen molar-refractivity contribution in [2.75, 3.05) is 0 Å². The first kappa shape index (κ1) is 33.8. The third-order valence-electron chi connectivity index (χ3n) is 10.7. The summed E-state index contributed by atoms with van der Waals surface area (Å²) in [7, 11) is 0. The Bertz CT molecular complexity index is 2180. The van der Waals surface area contributed by atoms with E-state index in [0.717, 1.165) is 71.8 Å². The van der Waals surface area contributed by atoms with Gasteiger partial charge in [-0.05, 0) is 111 Å². The zero-order chi connectivity index (χ0) is 34.9. The molecule has 3 heterocycles. The van der Waals surface area contributed by atoms with Crippen LogP contribution in [0.3, 0.4) is 0 Å². The van der Waals surface area contributed by atoms with Crippen molar-refractivity contribution >= 4 is 21.8 Å². The van der Waals surface area contributed by atoms with E-state index in [0.29, 0.717) is 17.8 Å². The maximum atomic E-state index is 6.81. The summed E-state index contributed by atoms with van der Waals surface area (Å²) in [6.45, 7) is 16.0. The van der Waals surface area contributed by atoms with Crippen molar-refractivity contribution in [2.45, 2.75) is 105 Å². The zero-order valence-electron chi connectivity index (χ0n) is 31.0. The molecule has 258 valence electrons. The summed E-state index contributed by atoms with van der Waals surface area (Å²) in [6.07, 6.45) is 12.2. The maximum absolute atomic E-state index is 6.81. The van der Waals surface area contributed by atoms with Crippen LogP contribution in [0.5, 0.6) is 11.5 Å². The number of rotatable bonds is 11. The van der Waals surface area contributed by atoms with Gasteiger partial charge in [0.05, 0.1) is 22.4 Å². The van der Waals surface area contributed by atoms with Crippen molar-refractivity contribution in [2.24, 2.45) is 5.92 Å². The van der Waals surface area contributed by atoms with E-state index in [2.05, 4.69) is 137 Å². The topological polar surface area (TPSA) is 44.9 Å². The highest BCUT2D eigenvalue weighted by atomic mass is 16.5. The Morgan fingerprint density at radius 1 is 0.860 bits per heavy atom. The zero-order valence-corrected chi connectivity index (χ0v) is 31.0. The first-order valence-corrected chi connectivity index (χ1v) is 18.8. The van der Waals surface area contributed by atoms with Crippen molar-refractivity contribution < 1.29 is 4.74 Å². The number of unbranched alkanes of at least 4 members (excludes halogenated alkanes) is 1. The number of hydrogen-bond donors (Lipinski definition) is 0. The number of aromatic nitrogens is 4. The predicted molar refractivity (Wildman–Crippen MR) is 209 cm³/mol. The monoisotopic (exact) mass is 664 g/mol. The summed E-state index contributed by atoms with van der Waals surface area (Å²) in [6, 6.07) is 26.1. The molecule has 0 aliphatic heterocycles. The lowest BCUT2D eigenvalue weighted by Crippen LogP contribution is -2.17. The third-order valence-corrected chi connectivity index (χ3v) is 10.7. The van der Waals surface area contributed by atoms with Crippen molar-refractivity contribution in [1.29, 1.82) is 0 Å². The molecule has 1 aliphatic rings. The van der Waals surface area contributed by atoms with E-state index in [1.807, 2.05) is 6.20 Å². The molecule has 0 radical (unpaired) electrons. The van der Waals surface area contributed by atoms with Crippen LogP contribution in [0.4, 0.5) is 0 Å². The van der Waals surface area contributed by atoms with Gasteiger partial charge in [0.1, 0.15) is 17.3 Å². The second-order valence-electron chi connectivity index (χ2n) is 14.8. The number of allylic oxidation sites excluding steroid dienone is 2. The van der Waals surface area contributed by atoms with E-state index >= 15 is 0 Å². The van der Waals surface area contributed by atoms with E-state index in [9.17, 15) is 0 Å². The van der Waals surface area contributed by atoms with Crippen LogP contribution in [0.15, 0.2) is 90.6 Å². The molecule has 0 spiro atoms. The number of para-hydroxylation sites is 1. The van der Waals surface area contributed by atoms with Crippen LogP contribution in [0, 0.1) is 12.8 Å². The fraction of sp³-hybridized carbons (Fsp3) is 0.378. The van der Waals surface area contributed by atoms with E-state index in [-0.39, 0.29) is 0 Å². The molecule has 5 nitrogen and oxygen atoms in total. The van der Waals surface area contributed by atoms with Crippen molar-refractivity contribution in [3.63, 3.8) is 0 Å². The van der Waals surface area contributed by atoms with Crippen LogP contribution in [0.25, 0.3) is 33.3 Å². The van der Waals surface area contributed by atoms with Gasteiger partial charge in [-0.15, -0.1) is 0 Å². The van der Waals surface area contributed by atoms with Crippen LogP contribution in [-0.4, -0.2) is 19.3 Å². The first-order chi connectivity index (χ1) is 24.3. The van der Waals surface area contributed by atoms with Crippen LogP contribution in [-0.2, 0) is 12.8 Å². The van der Waals surface area contributed by atoms with Crippen molar-refractivity contribution in [3.8, 4) is 23.0 Å². The van der Waals surface area contributed by atoms with Gasteiger partial charge in [-0.3, -0.25) is 4.57 Å². The van der Waals surface area contributed by atoms with Gasteiger partial charge >= 0.3 is 0 Å². The van der Waals surface area contributed by atoms with Gasteiger partial charge in [0, 0.05) is 46.3 Å². The molecule has 0 saturated heterocycles. The van der Waals surface area contributed by atoms with Gasteiger partial charge in [0.15, 0.2) is 0 Å². The van der Waals surface area contributed by atoms with Gasteiger partial charge in [-0.2, -0.15) is 5.10 Å². The number of fused-ring (bicyclic) bond motifs is 3. The number of benzene rings is 3. The molecule has 6 aromatic rings. The maximum Gasteiger partial charge on any atom is 0.137 e. The number of ether oxygens (including phenoxy) is 1. The van der Waals surface area contributed by atoms with E-state index < -0.39 is 0 Å². The largest absolute Gasteiger partial charge is 0.457 e. The number of aryl methyl sites for hydroxylation is 2.